The maximum Gasteiger partial charge on any atom is 0.201 e. The van der Waals surface area contributed by atoms with Gasteiger partial charge in [0.05, 0.1) is 26.7 Å². The van der Waals surface area contributed by atoms with Gasteiger partial charge >= 0.3 is 0 Å². The van der Waals surface area contributed by atoms with E-state index in [9.17, 15) is 18.0 Å². The minimum Gasteiger partial charge on any atom is -0.345 e. The highest BCUT2D eigenvalue weighted by molar-refractivity contribution is 8.00. The van der Waals surface area contributed by atoms with Crippen LogP contribution in [0.1, 0.15) is 28.4 Å². The van der Waals surface area contributed by atoms with Gasteiger partial charge in [-0.2, -0.15) is 0 Å². The van der Waals surface area contributed by atoms with Crippen molar-refractivity contribution in [3.05, 3.63) is 87.7 Å². The van der Waals surface area contributed by atoms with E-state index in [1.165, 1.54) is 12.4 Å². The van der Waals surface area contributed by atoms with Crippen LogP contribution in [-0.2, 0) is 6.42 Å². The number of pyridine rings is 1. The molecule has 2 aromatic heterocycles. The number of nitrogens with one attached hydrogen (secondary N) is 2. The van der Waals surface area contributed by atoms with Gasteiger partial charge in [-0.05, 0) is 54.3 Å². The number of rotatable bonds is 6. The monoisotopic (exact) mass is 479 g/mol. The van der Waals surface area contributed by atoms with E-state index in [2.05, 4.69) is 14.7 Å². The van der Waals surface area contributed by atoms with E-state index in [0.29, 0.717) is 40.0 Å². The first-order valence-corrected chi connectivity index (χ1v) is 10.6. The minimum absolute atomic E-state index is 0.0191. The summed E-state index contributed by atoms with van der Waals surface area (Å²) in [6.45, 7) is 1.83. The van der Waals surface area contributed by atoms with Crippen LogP contribution in [0.2, 0.25) is 5.02 Å². The number of anilines is 1. The molecule has 4 nitrogen and oxygen atoms in total. The Balaban J connectivity index is 1.73. The number of fused-ring (bicyclic) bond motifs is 1. The van der Waals surface area contributed by atoms with Crippen molar-refractivity contribution >= 4 is 46.1 Å². The molecule has 2 N–H and O–H groups in total. The Morgan fingerprint density at radius 3 is 2.66 bits per heavy atom. The third-order valence-electron chi connectivity index (χ3n) is 4.84. The largest absolute Gasteiger partial charge is 0.345 e. The number of benzene rings is 2. The van der Waals surface area contributed by atoms with Gasteiger partial charge in [-0.3, -0.25) is 4.79 Å². The quantitative estimate of drug-likeness (QED) is 0.184. The molecule has 0 atom stereocenters. The van der Waals surface area contributed by atoms with Gasteiger partial charge in [0.25, 0.3) is 0 Å². The lowest BCUT2D eigenvalue weighted by Crippen LogP contribution is -2.09. The zero-order valence-electron chi connectivity index (χ0n) is 16.4. The zero-order chi connectivity index (χ0) is 23.0. The predicted octanol–water partition coefficient (Wildman–Crippen LogP) is 6.69. The van der Waals surface area contributed by atoms with Crippen LogP contribution in [0.3, 0.4) is 0 Å². The van der Waals surface area contributed by atoms with Gasteiger partial charge < -0.3 is 9.71 Å². The summed E-state index contributed by atoms with van der Waals surface area (Å²) in [7, 11) is 0. The van der Waals surface area contributed by atoms with E-state index in [1.54, 1.807) is 0 Å². The summed E-state index contributed by atoms with van der Waals surface area (Å²) in [5.74, 6) is -4.54. The van der Waals surface area contributed by atoms with Crippen molar-refractivity contribution in [1.29, 1.82) is 0 Å². The number of nitrogens with zero attached hydrogens (tertiary/aromatic N) is 1. The molecule has 2 heterocycles. The molecular formula is C22H14ClF4N3OS. The van der Waals surface area contributed by atoms with Gasteiger partial charge in [-0.1, -0.05) is 18.5 Å². The number of carbonyl (C=O) groups is 1. The molecule has 0 unspecified atom stereocenters. The molecule has 0 aliphatic heterocycles. The molecular weight excluding hydrogens is 466 g/mol. The molecule has 0 aliphatic rings. The third kappa shape index (κ3) is 3.93. The molecule has 0 amide bonds. The third-order valence-corrected chi connectivity index (χ3v) is 6.02. The summed E-state index contributed by atoms with van der Waals surface area (Å²) in [4.78, 5) is 20.0. The van der Waals surface area contributed by atoms with Crippen LogP contribution < -0.4 is 4.72 Å². The number of H-pyrrole nitrogens is 1. The van der Waals surface area contributed by atoms with Gasteiger partial charge in [0.1, 0.15) is 23.1 Å². The Morgan fingerprint density at radius 2 is 1.91 bits per heavy atom. The number of aromatic nitrogens is 2. The number of aryl methyl sites for hydroxylation is 1. The summed E-state index contributed by atoms with van der Waals surface area (Å²) < 4.78 is 59.4. The average molecular weight is 480 g/mol. The molecule has 0 bridgehead atoms. The summed E-state index contributed by atoms with van der Waals surface area (Å²) in [6, 6.07) is 4.78. The number of carbonyl (C=O) groups excluding carboxylic acids is 1. The van der Waals surface area contributed by atoms with Crippen molar-refractivity contribution in [1.82, 2.24) is 9.97 Å². The number of aromatic amines is 1. The fourth-order valence-electron chi connectivity index (χ4n) is 3.30. The van der Waals surface area contributed by atoms with Crippen LogP contribution in [0.5, 0.6) is 0 Å². The Kier molecular flexibility index (Phi) is 6.12. The van der Waals surface area contributed by atoms with Crippen LogP contribution in [-0.4, -0.2) is 15.8 Å². The molecule has 32 heavy (non-hydrogen) atoms. The molecule has 0 radical (unpaired) electrons. The second-order valence-corrected chi connectivity index (χ2v) is 8.01. The van der Waals surface area contributed by atoms with Gasteiger partial charge in [0, 0.05) is 17.8 Å². The summed E-state index contributed by atoms with van der Waals surface area (Å²) >= 11 is 6.78. The average Bonchev–Trinajstić information content (AvgIpc) is 3.19. The van der Waals surface area contributed by atoms with Crippen LogP contribution >= 0.6 is 23.5 Å². The Morgan fingerprint density at radius 1 is 1.16 bits per heavy atom. The number of halogens is 5. The lowest BCUT2D eigenvalue weighted by Gasteiger charge is -2.11. The Labute approximate surface area is 189 Å². The first-order chi connectivity index (χ1) is 15.3. The van der Waals surface area contributed by atoms with E-state index in [1.807, 2.05) is 6.92 Å². The lowest BCUT2D eigenvalue weighted by molar-refractivity contribution is 0.103. The van der Waals surface area contributed by atoms with E-state index >= 15 is 4.39 Å². The zero-order valence-corrected chi connectivity index (χ0v) is 18.0. The van der Waals surface area contributed by atoms with Gasteiger partial charge in [-0.15, -0.1) is 0 Å². The van der Waals surface area contributed by atoms with Crippen molar-refractivity contribution in [2.24, 2.45) is 0 Å². The normalized spacial score (nSPS) is 11.2. The molecule has 4 rings (SSSR count). The molecule has 164 valence electrons. The highest BCUT2D eigenvalue weighted by Gasteiger charge is 2.26. The molecule has 10 heteroatoms. The standard InChI is InChI=1S/C22H14ClF4N3OS/c1-2-11-13(23)9-29-22-18(11)12(8-28-22)21(31)19-15(26)5-6-16(20(19)27)30-32-17-7-10(24)3-4-14(17)25/h3-9,30H,2H2,1H3,(H,28,29). The maximum atomic E-state index is 15.2. The fourth-order valence-corrected chi connectivity index (χ4v) is 4.29. The SMILES string of the molecule is CCc1c(Cl)cnc2[nH]cc(C(=O)c3c(F)ccc(NSc4cc(F)ccc4F)c3F)c12. The van der Waals surface area contributed by atoms with Crippen molar-refractivity contribution < 1.29 is 22.4 Å². The van der Waals surface area contributed by atoms with Crippen LogP contribution in [0.25, 0.3) is 11.0 Å². The topological polar surface area (TPSA) is 57.8 Å². The summed E-state index contributed by atoms with van der Waals surface area (Å²) in [5.41, 5.74) is -0.0608. The van der Waals surface area contributed by atoms with Gasteiger partial charge in [0.15, 0.2) is 5.82 Å². The molecule has 4 aromatic rings. The van der Waals surface area contributed by atoms with Crippen LogP contribution in [0.15, 0.2) is 47.6 Å². The Hall–Kier alpha value is -3.04. The molecule has 0 spiro atoms. The molecule has 0 aliphatic carbocycles. The second kappa shape index (κ2) is 8.84. The number of ketones is 1. The minimum atomic E-state index is -1.17. The van der Waals surface area contributed by atoms with E-state index < -0.39 is 34.6 Å². The predicted molar refractivity (Wildman–Crippen MR) is 116 cm³/mol. The van der Waals surface area contributed by atoms with Crippen molar-refractivity contribution in [3.8, 4) is 0 Å². The van der Waals surface area contributed by atoms with Crippen molar-refractivity contribution in [2.75, 3.05) is 4.72 Å². The molecule has 2 aromatic carbocycles. The molecule has 0 saturated heterocycles. The number of hydrogen-bond donors (Lipinski definition) is 2. The van der Waals surface area contributed by atoms with E-state index in [0.717, 1.165) is 30.3 Å². The van der Waals surface area contributed by atoms with Crippen molar-refractivity contribution in [3.63, 3.8) is 0 Å². The lowest BCUT2D eigenvalue weighted by atomic mass is 9.98. The van der Waals surface area contributed by atoms with Crippen LogP contribution in [0, 0.1) is 23.3 Å². The van der Waals surface area contributed by atoms with E-state index in [-0.39, 0.29) is 16.1 Å². The summed E-state index contributed by atoms with van der Waals surface area (Å²) in [6.07, 6.45) is 3.23. The fraction of sp³-hybridized carbons (Fsp3) is 0.0909. The first kappa shape index (κ1) is 22.2. The van der Waals surface area contributed by atoms with E-state index in [4.69, 9.17) is 11.6 Å². The maximum absolute atomic E-state index is 15.2. The van der Waals surface area contributed by atoms with Crippen LogP contribution in [0.4, 0.5) is 23.2 Å². The van der Waals surface area contributed by atoms with Gasteiger partial charge in [-0.25, -0.2) is 22.5 Å². The van der Waals surface area contributed by atoms with Gasteiger partial charge in [0.2, 0.25) is 5.78 Å². The van der Waals surface area contributed by atoms with Crippen molar-refractivity contribution in [2.45, 2.75) is 18.2 Å². The highest BCUT2D eigenvalue weighted by Crippen LogP contribution is 2.33. The first-order valence-electron chi connectivity index (χ1n) is 9.36. The highest BCUT2D eigenvalue weighted by atomic mass is 35.5. The molecule has 0 saturated carbocycles. The summed E-state index contributed by atoms with van der Waals surface area (Å²) in [5, 5.41) is 0.719. The smallest absolute Gasteiger partial charge is 0.201 e. The molecule has 0 fully saturated rings. The Bertz CT molecular complexity index is 1360. The second-order valence-electron chi connectivity index (χ2n) is 6.76. The number of hydrogen-bond acceptors (Lipinski definition) is 4.